The molecule has 0 aliphatic rings. The molecule has 0 radical (unpaired) electrons. The van der Waals surface area contributed by atoms with Crippen molar-refractivity contribution in [1.82, 2.24) is 5.32 Å². The van der Waals surface area contributed by atoms with Gasteiger partial charge in [0, 0.05) is 12.8 Å². The smallest absolute Gasteiger partial charge is 0.407 e. The zero-order chi connectivity index (χ0) is 10.3. The maximum absolute atomic E-state index is 11.0. The van der Waals surface area contributed by atoms with E-state index in [1.807, 2.05) is 27.0 Å². The third-order valence-corrected chi connectivity index (χ3v) is 1.37. The lowest BCUT2D eigenvalue weighted by atomic mass is 10.2. The van der Waals surface area contributed by atoms with Gasteiger partial charge in [0.15, 0.2) is 0 Å². The van der Waals surface area contributed by atoms with E-state index in [1.54, 1.807) is 0 Å². The summed E-state index contributed by atoms with van der Waals surface area (Å²) >= 11 is 1.27. The van der Waals surface area contributed by atoms with Crippen LogP contribution in [0.25, 0.3) is 0 Å². The summed E-state index contributed by atoms with van der Waals surface area (Å²) in [5, 5.41) is 2.57. The van der Waals surface area contributed by atoms with Crippen molar-refractivity contribution in [3.63, 3.8) is 0 Å². The first kappa shape index (κ1) is 12.6. The van der Waals surface area contributed by atoms with Gasteiger partial charge in [0.25, 0.3) is 0 Å². The van der Waals surface area contributed by atoms with Gasteiger partial charge in [0.2, 0.25) is 0 Å². The number of alkyl carbamates (subject to hydrolysis) is 1. The molecule has 0 spiro atoms. The monoisotopic (exact) mass is 207 g/mol. The molecule has 13 heavy (non-hydrogen) atoms. The molecule has 0 saturated heterocycles. The van der Waals surface area contributed by atoms with Crippen LogP contribution in [0.4, 0.5) is 4.79 Å². The van der Waals surface area contributed by atoms with Crippen molar-refractivity contribution >= 4 is 18.1 Å². The Morgan fingerprint density at radius 3 is 2.54 bits per heavy atom. The molecular weight excluding hydrogens is 190 g/mol. The van der Waals surface area contributed by atoms with Gasteiger partial charge in [-0.25, -0.2) is 4.79 Å². The number of hydrogen-bond donors (Lipinski definition) is 1. The third kappa shape index (κ3) is 9.49. The summed E-state index contributed by atoms with van der Waals surface area (Å²) in [5.41, 5.74) is -0.440. The van der Waals surface area contributed by atoms with Crippen molar-refractivity contribution in [3.05, 3.63) is 0 Å². The van der Waals surface area contributed by atoms with E-state index in [4.69, 9.17) is 8.92 Å². The maximum atomic E-state index is 11.0. The highest BCUT2D eigenvalue weighted by molar-refractivity contribution is 7.93. The highest BCUT2D eigenvalue weighted by atomic mass is 32.2. The van der Waals surface area contributed by atoms with Gasteiger partial charge in [0.05, 0.1) is 6.61 Å². The molecule has 0 saturated carbocycles. The molecule has 0 aliphatic carbocycles. The van der Waals surface area contributed by atoms with Crippen molar-refractivity contribution in [1.29, 1.82) is 0 Å². The predicted octanol–water partition coefficient (Wildman–Crippen LogP) is 1.81. The second kappa shape index (κ2) is 6.10. The third-order valence-electron chi connectivity index (χ3n) is 0.971. The summed E-state index contributed by atoms with van der Waals surface area (Å²) in [5.74, 6) is 0. The highest BCUT2D eigenvalue weighted by Crippen LogP contribution is 2.06. The molecule has 5 heteroatoms. The standard InChI is InChI=1S/C8H17NO3S/c1-8(2,3)12-7(10)9-5-6-11-13-4/h5-6H2,1-4H3,(H,9,10). The largest absolute Gasteiger partial charge is 0.444 e. The van der Waals surface area contributed by atoms with Gasteiger partial charge in [-0.05, 0) is 32.8 Å². The normalized spacial score (nSPS) is 11.1. The number of amides is 1. The number of hydrogen-bond acceptors (Lipinski definition) is 4. The molecule has 0 aromatic carbocycles. The quantitative estimate of drug-likeness (QED) is 0.564. The lowest BCUT2D eigenvalue weighted by Crippen LogP contribution is -2.34. The Bertz CT molecular complexity index is 156. The molecular formula is C8H17NO3S. The summed E-state index contributed by atoms with van der Waals surface area (Å²) in [6.07, 6.45) is 1.42. The first-order valence-corrected chi connectivity index (χ1v) is 5.23. The van der Waals surface area contributed by atoms with E-state index in [0.717, 1.165) is 0 Å². The molecule has 0 aromatic rings. The topological polar surface area (TPSA) is 47.6 Å². The zero-order valence-corrected chi connectivity index (χ0v) is 9.36. The molecule has 0 rings (SSSR count). The van der Waals surface area contributed by atoms with Crippen molar-refractivity contribution < 1.29 is 13.7 Å². The van der Waals surface area contributed by atoms with Gasteiger partial charge in [-0.2, -0.15) is 0 Å². The van der Waals surface area contributed by atoms with E-state index in [0.29, 0.717) is 13.2 Å². The van der Waals surface area contributed by atoms with Crippen molar-refractivity contribution in [2.24, 2.45) is 0 Å². The molecule has 78 valence electrons. The van der Waals surface area contributed by atoms with Gasteiger partial charge in [-0.15, -0.1) is 0 Å². The Morgan fingerprint density at radius 1 is 1.46 bits per heavy atom. The number of rotatable bonds is 4. The number of carbonyl (C=O) groups is 1. The summed E-state index contributed by atoms with van der Waals surface area (Å²) in [6.45, 7) is 6.43. The summed E-state index contributed by atoms with van der Waals surface area (Å²) < 4.78 is 9.97. The first-order valence-electron chi connectivity index (χ1n) is 4.08. The second-order valence-corrected chi connectivity index (χ2v) is 3.99. The van der Waals surface area contributed by atoms with E-state index in [9.17, 15) is 4.79 Å². The van der Waals surface area contributed by atoms with E-state index in [-0.39, 0.29) is 0 Å². The SMILES string of the molecule is CSOCCNC(=O)OC(C)(C)C. The fraction of sp³-hybridized carbons (Fsp3) is 0.875. The summed E-state index contributed by atoms with van der Waals surface area (Å²) in [4.78, 5) is 11.0. The van der Waals surface area contributed by atoms with Crippen molar-refractivity contribution in [3.8, 4) is 0 Å². The van der Waals surface area contributed by atoms with Gasteiger partial charge in [0.1, 0.15) is 5.60 Å². The second-order valence-electron chi connectivity index (χ2n) is 3.42. The molecule has 0 unspecified atom stereocenters. The van der Waals surface area contributed by atoms with Crippen LogP contribution in [0, 0.1) is 0 Å². The van der Waals surface area contributed by atoms with Crippen molar-refractivity contribution in [2.75, 3.05) is 19.4 Å². The van der Waals surface area contributed by atoms with Gasteiger partial charge in [-0.3, -0.25) is 0 Å². The van der Waals surface area contributed by atoms with Crippen molar-refractivity contribution in [2.45, 2.75) is 26.4 Å². The molecule has 1 amide bonds. The van der Waals surface area contributed by atoms with Crippen LogP contribution in [0.15, 0.2) is 0 Å². The minimum atomic E-state index is -0.440. The van der Waals surface area contributed by atoms with Crippen LogP contribution < -0.4 is 5.32 Å². The van der Waals surface area contributed by atoms with E-state index < -0.39 is 11.7 Å². The molecule has 4 nitrogen and oxygen atoms in total. The molecule has 0 heterocycles. The van der Waals surface area contributed by atoms with E-state index >= 15 is 0 Å². The lowest BCUT2D eigenvalue weighted by molar-refractivity contribution is 0.0522. The number of nitrogens with one attached hydrogen (secondary N) is 1. The Hall–Kier alpha value is -0.420. The summed E-state index contributed by atoms with van der Waals surface area (Å²) in [6, 6.07) is 0. The van der Waals surface area contributed by atoms with Crippen LogP contribution >= 0.6 is 12.0 Å². The number of ether oxygens (including phenoxy) is 1. The van der Waals surface area contributed by atoms with E-state index in [2.05, 4.69) is 5.32 Å². The minimum absolute atomic E-state index is 0.405. The van der Waals surface area contributed by atoms with Crippen LogP contribution in [-0.2, 0) is 8.92 Å². The molecule has 1 N–H and O–H groups in total. The molecule has 0 atom stereocenters. The average Bonchev–Trinajstić information content (AvgIpc) is 1.94. The predicted molar refractivity (Wildman–Crippen MR) is 53.7 cm³/mol. The average molecular weight is 207 g/mol. The van der Waals surface area contributed by atoms with Crippen LogP contribution in [0.2, 0.25) is 0 Å². The fourth-order valence-corrected chi connectivity index (χ4v) is 0.842. The molecule has 0 aliphatic heterocycles. The van der Waals surface area contributed by atoms with Crippen LogP contribution in [0.5, 0.6) is 0 Å². The van der Waals surface area contributed by atoms with Crippen LogP contribution in [0.3, 0.4) is 0 Å². The van der Waals surface area contributed by atoms with Gasteiger partial charge >= 0.3 is 6.09 Å². The Balaban J connectivity index is 3.41. The Labute approximate surface area is 83.6 Å². The first-order chi connectivity index (χ1) is 5.95. The highest BCUT2D eigenvalue weighted by Gasteiger charge is 2.15. The molecule has 0 fully saturated rings. The van der Waals surface area contributed by atoms with E-state index in [1.165, 1.54) is 12.0 Å². The molecule has 0 aromatic heterocycles. The maximum Gasteiger partial charge on any atom is 0.407 e. The van der Waals surface area contributed by atoms with Gasteiger partial charge in [-0.1, -0.05) is 0 Å². The Kier molecular flexibility index (Phi) is 5.90. The summed E-state index contributed by atoms with van der Waals surface area (Å²) in [7, 11) is 0. The Morgan fingerprint density at radius 2 is 2.08 bits per heavy atom. The molecule has 0 bridgehead atoms. The van der Waals surface area contributed by atoms with Crippen LogP contribution in [-0.4, -0.2) is 31.1 Å². The fourth-order valence-electron chi connectivity index (χ4n) is 0.592. The number of carbonyl (C=O) groups excluding carboxylic acids is 1. The zero-order valence-electron chi connectivity index (χ0n) is 8.55. The minimum Gasteiger partial charge on any atom is -0.444 e. The lowest BCUT2D eigenvalue weighted by Gasteiger charge is -2.19. The van der Waals surface area contributed by atoms with Crippen LogP contribution in [0.1, 0.15) is 20.8 Å². The van der Waals surface area contributed by atoms with Gasteiger partial charge < -0.3 is 14.2 Å².